The molecule has 1 aromatic carbocycles. The van der Waals surface area contributed by atoms with Crippen LogP contribution in [0.4, 0.5) is 0 Å². The van der Waals surface area contributed by atoms with Crippen molar-refractivity contribution in [2.24, 2.45) is 0 Å². The third kappa shape index (κ3) is 4.00. The van der Waals surface area contributed by atoms with Gasteiger partial charge in [0.05, 0.1) is 26.4 Å². The summed E-state index contributed by atoms with van der Waals surface area (Å²) in [5.41, 5.74) is 1.08. The van der Waals surface area contributed by atoms with E-state index in [9.17, 15) is 5.11 Å². The van der Waals surface area contributed by atoms with Gasteiger partial charge in [-0.05, 0) is 24.7 Å². The van der Waals surface area contributed by atoms with Crippen LogP contribution in [-0.4, -0.2) is 51.0 Å². The molecule has 0 bridgehead atoms. The van der Waals surface area contributed by atoms with Crippen LogP contribution < -0.4 is 4.74 Å². The number of likely N-dealkylation sites (N-methyl/N-ethyl adjacent to an activating group) is 1. The molecule has 1 N–H and O–H groups in total. The predicted octanol–water partition coefficient (Wildman–Crippen LogP) is 1.31. The highest BCUT2D eigenvalue weighted by Crippen LogP contribution is 2.21. The third-order valence-corrected chi connectivity index (χ3v) is 2.85. The number of ether oxygens (including phenoxy) is 2. The maximum Gasteiger partial charge on any atom is 0.118 e. The van der Waals surface area contributed by atoms with E-state index < -0.39 is 0 Å². The van der Waals surface area contributed by atoms with E-state index in [1.54, 1.807) is 14.2 Å². The van der Waals surface area contributed by atoms with Crippen molar-refractivity contribution >= 4 is 0 Å². The maximum absolute atomic E-state index is 9.46. The molecule has 96 valence electrons. The molecule has 0 radical (unpaired) electrons. The summed E-state index contributed by atoms with van der Waals surface area (Å²) in [5.74, 6) is 0.824. The van der Waals surface area contributed by atoms with Crippen molar-refractivity contribution in [3.8, 4) is 5.75 Å². The van der Waals surface area contributed by atoms with Gasteiger partial charge in [-0.2, -0.15) is 0 Å². The summed E-state index contributed by atoms with van der Waals surface area (Å²) in [6.07, 6.45) is 0. The summed E-state index contributed by atoms with van der Waals surface area (Å²) in [6, 6.07) is 7.76. The smallest absolute Gasteiger partial charge is 0.118 e. The lowest BCUT2D eigenvalue weighted by molar-refractivity contribution is 0.106. The summed E-state index contributed by atoms with van der Waals surface area (Å²) in [4.78, 5) is 2.07. The molecule has 0 saturated heterocycles. The molecule has 4 heteroatoms. The Morgan fingerprint density at radius 1 is 1.24 bits per heavy atom. The van der Waals surface area contributed by atoms with Crippen LogP contribution in [-0.2, 0) is 4.74 Å². The Hall–Kier alpha value is -1.10. The Labute approximate surface area is 103 Å². The molecule has 0 aliphatic rings. The lowest BCUT2D eigenvalue weighted by Gasteiger charge is -2.26. The largest absolute Gasteiger partial charge is 0.497 e. The normalized spacial score (nSPS) is 12.8. The molecular formula is C13H21NO3. The van der Waals surface area contributed by atoms with E-state index in [-0.39, 0.29) is 12.6 Å². The molecule has 1 rings (SSSR count). The third-order valence-electron chi connectivity index (χ3n) is 2.85. The van der Waals surface area contributed by atoms with Crippen LogP contribution in [0.3, 0.4) is 0 Å². The second kappa shape index (κ2) is 7.27. The number of aliphatic hydroxyl groups is 1. The molecule has 1 atom stereocenters. The molecule has 0 aliphatic heterocycles. The number of nitrogens with zero attached hydrogens (tertiary/aromatic N) is 1. The monoisotopic (exact) mass is 239 g/mol. The Morgan fingerprint density at radius 3 is 2.35 bits per heavy atom. The number of hydrogen-bond donors (Lipinski definition) is 1. The minimum Gasteiger partial charge on any atom is -0.497 e. The van der Waals surface area contributed by atoms with Gasteiger partial charge in [-0.15, -0.1) is 0 Å². The molecule has 0 fully saturated rings. The lowest BCUT2D eigenvalue weighted by Crippen LogP contribution is -2.30. The molecule has 0 aromatic heterocycles. The minimum atomic E-state index is -0.00365. The van der Waals surface area contributed by atoms with Gasteiger partial charge in [-0.1, -0.05) is 12.1 Å². The van der Waals surface area contributed by atoms with Crippen LogP contribution in [0.1, 0.15) is 11.6 Å². The Kier molecular flexibility index (Phi) is 5.97. The highest BCUT2D eigenvalue weighted by molar-refractivity contribution is 5.29. The van der Waals surface area contributed by atoms with E-state index in [1.807, 2.05) is 31.3 Å². The molecular weight excluding hydrogens is 218 g/mol. The summed E-state index contributed by atoms with van der Waals surface area (Å²) < 4.78 is 10.1. The van der Waals surface area contributed by atoms with Crippen molar-refractivity contribution in [3.05, 3.63) is 29.8 Å². The number of benzene rings is 1. The zero-order chi connectivity index (χ0) is 12.7. The van der Waals surface area contributed by atoms with Gasteiger partial charge in [-0.25, -0.2) is 0 Å². The maximum atomic E-state index is 9.46. The minimum absolute atomic E-state index is 0.00365. The molecule has 0 spiro atoms. The van der Waals surface area contributed by atoms with Crippen LogP contribution in [0.25, 0.3) is 0 Å². The topological polar surface area (TPSA) is 41.9 Å². The summed E-state index contributed by atoms with van der Waals surface area (Å²) in [5, 5.41) is 9.46. The van der Waals surface area contributed by atoms with Gasteiger partial charge in [0.2, 0.25) is 0 Å². The molecule has 0 saturated carbocycles. The molecule has 1 aromatic rings. The van der Waals surface area contributed by atoms with E-state index in [0.717, 1.165) is 17.9 Å². The van der Waals surface area contributed by atoms with Crippen LogP contribution in [0, 0.1) is 0 Å². The average Bonchev–Trinajstić information content (AvgIpc) is 2.38. The van der Waals surface area contributed by atoms with Crippen LogP contribution in [0.5, 0.6) is 5.75 Å². The lowest BCUT2D eigenvalue weighted by atomic mass is 10.1. The predicted molar refractivity (Wildman–Crippen MR) is 67.3 cm³/mol. The Balaban J connectivity index is 2.70. The van der Waals surface area contributed by atoms with Crippen molar-refractivity contribution in [1.29, 1.82) is 0 Å². The first kappa shape index (κ1) is 14.0. The summed E-state index contributed by atoms with van der Waals surface area (Å²) in [6.45, 7) is 1.53. The fourth-order valence-electron chi connectivity index (χ4n) is 1.72. The van der Waals surface area contributed by atoms with Crippen LogP contribution in [0.15, 0.2) is 24.3 Å². The first-order valence-electron chi connectivity index (χ1n) is 5.67. The Morgan fingerprint density at radius 2 is 1.88 bits per heavy atom. The highest BCUT2D eigenvalue weighted by Gasteiger charge is 2.15. The van der Waals surface area contributed by atoms with Crippen LogP contribution in [0.2, 0.25) is 0 Å². The molecule has 0 heterocycles. The van der Waals surface area contributed by atoms with Crippen molar-refractivity contribution < 1.29 is 14.6 Å². The van der Waals surface area contributed by atoms with Gasteiger partial charge in [0, 0.05) is 13.7 Å². The average molecular weight is 239 g/mol. The first-order valence-corrected chi connectivity index (χ1v) is 5.67. The van der Waals surface area contributed by atoms with Crippen molar-refractivity contribution in [1.82, 2.24) is 4.90 Å². The zero-order valence-corrected chi connectivity index (χ0v) is 10.7. The molecule has 4 nitrogen and oxygen atoms in total. The van der Waals surface area contributed by atoms with Crippen molar-refractivity contribution in [3.63, 3.8) is 0 Å². The van der Waals surface area contributed by atoms with E-state index in [2.05, 4.69) is 4.90 Å². The van der Waals surface area contributed by atoms with Gasteiger partial charge >= 0.3 is 0 Å². The van der Waals surface area contributed by atoms with Gasteiger partial charge in [0.25, 0.3) is 0 Å². The van der Waals surface area contributed by atoms with Crippen molar-refractivity contribution in [2.75, 3.05) is 41.0 Å². The van der Waals surface area contributed by atoms with Gasteiger partial charge in [-0.3, -0.25) is 4.90 Å². The Bertz CT molecular complexity index is 313. The van der Waals surface area contributed by atoms with E-state index in [0.29, 0.717) is 6.61 Å². The van der Waals surface area contributed by atoms with E-state index >= 15 is 0 Å². The number of hydrogen-bond acceptors (Lipinski definition) is 4. The SMILES string of the molecule is COCCN(C)C(CO)c1ccc(OC)cc1. The fourth-order valence-corrected chi connectivity index (χ4v) is 1.72. The second-order valence-electron chi connectivity index (χ2n) is 3.94. The van der Waals surface area contributed by atoms with E-state index in [4.69, 9.17) is 9.47 Å². The first-order chi connectivity index (χ1) is 8.22. The van der Waals surface area contributed by atoms with E-state index in [1.165, 1.54) is 0 Å². The molecule has 0 aliphatic carbocycles. The number of rotatable bonds is 7. The second-order valence-corrected chi connectivity index (χ2v) is 3.94. The van der Waals surface area contributed by atoms with Crippen LogP contribution >= 0.6 is 0 Å². The number of methoxy groups -OCH3 is 2. The highest BCUT2D eigenvalue weighted by atomic mass is 16.5. The molecule has 0 amide bonds. The van der Waals surface area contributed by atoms with Crippen molar-refractivity contribution in [2.45, 2.75) is 6.04 Å². The number of aliphatic hydroxyl groups excluding tert-OH is 1. The van der Waals surface area contributed by atoms with Gasteiger partial charge in [0.15, 0.2) is 0 Å². The molecule has 17 heavy (non-hydrogen) atoms. The van der Waals surface area contributed by atoms with Gasteiger partial charge < -0.3 is 14.6 Å². The van der Waals surface area contributed by atoms with Gasteiger partial charge in [0.1, 0.15) is 5.75 Å². The zero-order valence-electron chi connectivity index (χ0n) is 10.7. The quantitative estimate of drug-likeness (QED) is 0.779. The summed E-state index contributed by atoms with van der Waals surface area (Å²) in [7, 11) is 5.29. The molecule has 1 unspecified atom stereocenters. The fraction of sp³-hybridized carbons (Fsp3) is 0.538. The standard InChI is InChI=1S/C13H21NO3/c1-14(8-9-16-2)13(10-15)11-4-6-12(17-3)7-5-11/h4-7,13,15H,8-10H2,1-3H3. The summed E-state index contributed by atoms with van der Waals surface area (Å²) >= 11 is 0.